The van der Waals surface area contributed by atoms with E-state index in [1.165, 1.54) is 6.07 Å². The van der Waals surface area contributed by atoms with Gasteiger partial charge in [-0.25, -0.2) is 17.2 Å². The zero-order valence-corrected chi connectivity index (χ0v) is 15.3. The van der Waals surface area contributed by atoms with Gasteiger partial charge in [-0.05, 0) is 64.2 Å². The van der Waals surface area contributed by atoms with E-state index in [1.54, 1.807) is 6.07 Å². The van der Waals surface area contributed by atoms with Crippen molar-refractivity contribution in [2.24, 2.45) is 5.73 Å². The molecule has 1 atom stereocenters. The zero-order chi connectivity index (χ0) is 17.6. The molecule has 3 N–H and O–H groups in total. The van der Waals surface area contributed by atoms with Gasteiger partial charge in [0.1, 0.15) is 5.82 Å². The molecule has 3 rings (SSSR count). The van der Waals surface area contributed by atoms with Crippen molar-refractivity contribution in [1.82, 2.24) is 0 Å². The van der Waals surface area contributed by atoms with Crippen molar-refractivity contribution in [3.63, 3.8) is 0 Å². The van der Waals surface area contributed by atoms with E-state index in [4.69, 9.17) is 17.3 Å². The third kappa shape index (κ3) is 3.03. The molecule has 0 spiro atoms. The minimum absolute atomic E-state index is 0.0437. The number of sulfonamides is 1. The number of hydrogen-bond acceptors (Lipinski definition) is 3. The SMILES string of the molecule is NC1CCc2c1cc(Cl)cc2S(=O)(=O)Nc1ccc(F)c(Br)c1F. The van der Waals surface area contributed by atoms with E-state index in [0.29, 0.717) is 24.0 Å². The predicted octanol–water partition coefficient (Wildman–Crippen LogP) is 4.13. The van der Waals surface area contributed by atoms with Crippen LogP contribution in [0.2, 0.25) is 5.02 Å². The monoisotopic (exact) mass is 436 g/mol. The Morgan fingerprint density at radius 1 is 1.29 bits per heavy atom. The Labute approximate surface area is 151 Å². The first kappa shape index (κ1) is 17.6. The van der Waals surface area contributed by atoms with E-state index in [9.17, 15) is 17.2 Å². The maximum absolute atomic E-state index is 14.1. The van der Waals surface area contributed by atoms with Gasteiger partial charge in [-0.1, -0.05) is 11.6 Å². The molecule has 0 amide bonds. The van der Waals surface area contributed by atoms with Crippen LogP contribution in [0.25, 0.3) is 0 Å². The van der Waals surface area contributed by atoms with Crippen LogP contribution in [0.5, 0.6) is 0 Å². The molecule has 0 aromatic heterocycles. The van der Waals surface area contributed by atoms with E-state index in [0.717, 1.165) is 12.1 Å². The summed E-state index contributed by atoms with van der Waals surface area (Å²) in [5, 5.41) is 0.229. The Morgan fingerprint density at radius 3 is 2.71 bits per heavy atom. The molecule has 0 saturated carbocycles. The van der Waals surface area contributed by atoms with Gasteiger partial charge in [0.15, 0.2) is 5.82 Å². The molecule has 2 aromatic carbocycles. The van der Waals surface area contributed by atoms with Gasteiger partial charge in [0.2, 0.25) is 0 Å². The lowest BCUT2D eigenvalue weighted by atomic mass is 10.1. The van der Waals surface area contributed by atoms with Crippen molar-refractivity contribution in [1.29, 1.82) is 0 Å². The highest BCUT2D eigenvalue weighted by molar-refractivity contribution is 9.10. The number of fused-ring (bicyclic) bond motifs is 1. The highest BCUT2D eigenvalue weighted by Gasteiger charge is 2.29. The first-order valence-corrected chi connectivity index (χ1v) is 9.60. The molecule has 128 valence electrons. The van der Waals surface area contributed by atoms with Crippen molar-refractivity contribution in [3.05, 3.63) is 56.5 Å². The molecule has 0 fully saturated rings. The Balaban J connectivity index is 2.07. The van der Waals surface area contributed by atoms with E-state index >= 15 is 0 Å². The standard InChI is InChI=1S/C15H12BrClF2N2O2S/c16-14-10(18)2-4-12(15(14)19)21-24(22,23)13-6-7(17)5-9-8(13)1-3-11(9)20/h2,4-6,11,21H,1,3,20H2. The molecule has 0 radical (unpaired) electrons. The molecule has 9 heteroatoms. The van der Waals surface area contributed by atoms with Crippen LogP contribution in [0, 0.1) is 11.6 Å². The van der Waals surface area contributed by atoms with Crippen molar-refractivity contribution < 1.29 is 17.2 Å². The minimum atomic E-state index is -4.11. The molecule has 1 aliphatic rings. The molecule has 0 saturated heterocycles. The summed E-state index contributed by atoms with van der Waals surface area (Å²) in [6.45, 7) is 0. The minimum Gasteiger partial charge on any atom is -0.324 e. The Morgan fingerprint density at radius 2 is 2.00 bits per heavy atom. The van der Waals surface area contributed by atoms with Crippen LogP contribution in [0.15, 0.2) is 33.6 Å². The molecule has 2 aromatic rings. The molecular weight excluding hydrogens is 426 g/mol. The normalized spacial score (nSPS) is 17.0. The molecule has 4 nitrogen and oxygen atoms in total. The number of nitrogens with two attached hydrogens (primary N) is 1. The second kappa shape index (κ2) is 6.25. The molecule has 0 bridgehead atoms. The topological polar surface area (TPSA) is 72.2 Å². The fourth-order valence-corrected chi connectivity index (χ4v) is 4.75. The molecule has 0 aliphatic heterocycles. The van der Waals surface area contributed by atoms with Crippen molar-refractivity contribution in [2.75, 3.05) is 4.72 Å². The highest BCUT2D eigenvalue weighted by atomic mass is 79.9. The van der Waals surface area contributed by atoms with E-state index in [1.807, 2.05) is 0 Å². The van der Waals surface area contributed by atoms with Gasteiger partial charge in [0.25, 0.3) is 10.0 Å². The summed E-state index contributed by atoms with van der Waals surface area (Å²) in [4.78, 5) is -0.0437. The van der Waals surface area contributed by atoms with Gasteiger partial charge in [0, 0.05) is 11.1 Å². The van der Waals surface area contributed by atoms with Crippen LogP contribution in [0.3, 0.4) is 0 Å². The van der Waals surface area contributed by atoms with Gasteiger partial charge >= 0.3 is 0 Å². The number of hydrogen-bond donors (Lipinski definition) is 2. The predicted molar refractivity (Wildman–Crippen MR) is 91.6 cm³/mol. The fraction of sp³-hybridized carbons (Fsp3) is 0.200. The van der Waals surface area contributed by atoms with Crippen LogP contribution in [-0.2, 0) is 16.4 Å². The third-order valence-electron chi connectivity index (χ3n) is 3.88. The first-order valence-electron chi connectivity index (χ1n) is 6.95. The Bertz CT molecular complexity index is 938. The van der Waals surface area contributed by atoms with Gasteiger partial charge < -0.3 is 5.73 Å². The maximum atomic E-state index is 14.1. The van der Waals surface area contributed by atoms with Gasteiger partial charge in [0.05, 0.1) is 15.1 Å². The largest absolute Gasteiger partial charge is 0.324 e. The summed E-state index contributed by atoms with van der Waals surface area (Å²) in [7, 11) is -4.11. The average molecular weight is 438 g/mol. The smallest absolute Gasteiger partial charge is 0.262 e. The molecular formula is C15H12BrClF2N2O2S. The van der Waals surface area contributed by atoms with Crippen LogP contribution in [-0.4, -0.2) is 8.42 Å². The molecule has 24 heavy (non-hydrogen) atoms. The quantitative estimate of drug-likeness (QED) is 0.709. The van der Waals surface area contributed by atoms with E-state index in [2.05, 4.69) is 20.7 Å². The van der Waals surface area contributed by atoms with Crippen molar-refractivity contribution >= 4 is 43.2 Å². The van der Waals surface area contributed by atoms with Crippen LogP contribution < -0.4 is 10.5 Å². The Hall–Kier alpha value is -1.22. The lowest BCUT2D eigenvalue weighted by Crippen LogP contribution is -2.16. The summed E-state index contributed by atoms with van der Waals surface area (Å²) in [6, 6.07) is 4.64. The maximum Gasteiger partial charge on any atom is 0.262 e. The lowest BCUT2D eigenvalue weighted by Gasteiger charge is -2.14. The van der Waals surface area contributed by atoms with Crippen molar-refractivity contribution in [3.8, 4) is 0 Å². The Kier molecular flexibility index (Phi) is 4.59. The van der Waals surface area contributed by atoms with Crippen LogP contribution >= 0.6 is 27.5 Å². The molecule has 1 aliphatic carbocycles. The summed E-state index contributed by atoms with van der Waals surface area (Å²) in [5.41, 5.74) is 6.84. The van der Waals surface area contributed by atoms with Crippen LogP contribution in [0.1, 0.15) is 23.6 Å². The molecule has 1 unspecified atom stereocenters. The highest BCUT2D eigenvalue weighted by Crippen LogP contribution is 2.37. The summed E-state index contributed by atoms with van der Waals surface area (Å²) < 4.78 is 54.4. The zero-order valence-electron chi connectivity index (χ0n) is 12.1. The van der Waals surface area contributed by atoms with E-state index in [-0.39, 0.29) is 21.6 Å². The summed E-state index contributed by atoms with van der Waals surface area (Å²) in [6.07, 6.45) is 1.09. The molecule has 0 heterocycles. The summed E-state index contributed by atoms with van der Waals surface area (Å²) >= 11 is 8.74. The van der Waals surface area contributed by atoms with Gasteiger partial charge in [-0.2, -0.15) is 0 Å². The summed E-state index contributed by atoms with van der Waals surface area (Å²) in [5.74, 6) is -1.86. The van der Waals surface area contributed by atoms with Crippen molar-refractivity contribution in [2.45, 2.75) is 23.8 Å². The lowest BCUT2D eigenvalue weighted by molar-refractivity contribution is 0.572. The average Bonchev–Trinajstić information content (AvgIpc) is 2.88. The van der Waals surface area contributed by atoms with Crippen LogP contribution in [0.4, 0.5) is 14.5 Å². The van der Waals surface area contributed by atoms with E-state index < -0.39 is 26.1 Å². The third-order valence-corrected chi connectivity index (χ3v) is 6.26. The number of rotatable bonds is 3. The number of benzene rings is 2. The number of halogens is 4. The number of anilines is 1. The second-order valence-corrected chi connectivity index (χ2v) is 8.33. The first-order chi connectivity index (χ1) is 11.2. The van der Waals surface area contributed by atoms with Gasteiger partial charge in [-0.15, -0.1) is 0 Å². The van der Waals surface area contributed by atoms with Gasteiger partial charge in [-0.3, -0.25) is 4.72 Å². The number of nitrogens with one attached hydrogen (secondary N) is 1. The fourth-order valence-electron chi connectivity index (χ4n) is 2.73. The second-order valence-electron chi connectivity index (χ2n) is 5.45.